The van der Waals surface area contributed by atoms with Crippen LogP contribution in [-0.4, -0.2) is 12.8 Å². The van der Waals surface area contributed by atoms with Crippen molar-refractivity contribution in [2.75, 3.05) is 12.8 Å². The van der Waals surface area contributed by atoms with Crippen molar-refractivity contribution in [1.82, 2.24) is 5.32 Å². The van der Waals surface area contributed by atoms with Gasteiger partial charge in [-0.1, -0.05) is 31.5 Å². The van der Waals surface area contributed by atoms with Crippen LogP contribution in [0.15, 0.2) is 23.1 Å². The lowest BCUT2D eigenvalue weighted by molar-refractivity contribution is 0.652. The predicted molar refractivity (Wildman–Crippen MR) is 74.5 cm³/mol. The minimum Gasteiger partial charge on any atom is -0.313 e. The van der Waals surface area contributed by atoms with Gasteiger partial charge in [-0.25, -0.2) is 0 Å². The van der Waals surface area contributed by atoms with E-state index in [1.165, 1.54) is 4.90 Å². The normalized spacial score (nSPS) is 13.1. The zero-order valence-corrected chi connectivity index (χ0v) is 12.0. The molecule has 0 radical (unpaired) electrons. The van der Waals surface area contributed by atoms with Crippen LogP contribution in [0.25, 0.3) is 0 Å². The SMILES string of the molecule is CNC(C)c1ccc(SCC(C)C)cc1Cl. The van der Waals surface area contributed by atoms with Gasteiger partial charge in [-0.15, -0.1) is 11.8 Å². The standard InChI is InChI=1S/C13H20ClNS/c1-9(2)8-16-11-5-6-12(10(3)15-4)13(14)7-11/h5-7,9-10,15H,8H2,1-4H3. The van der Waals surface area contributed by atoms with Crippen LogP contribution in [0.2, 0.25) is 5.02 Å². The van der Waals surface area contributed by atoms with Gasteiger partial charge in [0.25, 0.3) is 0 Å². The highest BCUT2D eigenvalue weighted by molar-refractivity contribution is 7.99. The summed E-state index contributed by atoms with van der Waals surface area (Å²) in [4.78, 5) is 1.26. The van der Waals surface area contributed by atoms with Gasteiger partial charge < -0.3 is 5.32 Å². The van der Waals surface area contributed by atoms with E-state index in [0.29, 0.717) is 12.0 Å². The van der Waals surface area contributed by atoms with E-state index in [0.717, 1.165) is 16.3 Å². The fourth-order valence-corrected chi connectivity index (χ4v) is 2.67. The van der Waals surface area contributed by atoms with Gasteiger partial charge in [0.05, 0.1) is 0 Å². The Labute approximate surface area is 108 Å². The van der Waals surface area contributed by atoms with Gasteiger partial charge in [0.15, 0.2) is 0 Å². The highest BCUT2D eigenvalue weighted by Gasteiger charge is 2.08. The molecule has 1 N–H and O–H groups in total. The van der Waals surface area contributed by atoms with Crippen LogP contribution in [-0.2, 0) is 0 Å². The maximum absolute atomic E-state index is 6.27. The Bertz CT molecular complexity index is 339. The summed E-state index contributed by atoms with van der Waals surface area (Å²) in [6.45, 7) is 6.57. The Kier molecular flexibility index (Phi) is 5.67. The molecular weight excluding hydrogens is 238 g/mol. The van der Waals surface area contributed by atoms with Crippen LogP contribution in [0.4, 0.5) is 0 Å². The van der Waals surface area contributed by atoms with E-state index in [2.05, 4.69) is 44.3 Å². The summed E-state index contributed by atoms with van der Waals surface area (Å²) in [5.74, 6) is 1.84. The molecule has 0 heterocycles. The first-order valence-electron chi connectivity index (χ1n) is 5.64. The minimum absolute atomic E-state index is 0.302. The number of nitrogens with one attached hydrogen (secondary N) is 1. The number of benzene rings is 1. The lowest BCUT2D eigenvalue weighted by atomic mass is 10.1. The zero-order valence-electron chi connectivity index (χ0n) is 10.4. The monoisotopic (exact) mass is 257 g/mol. The lowest BCUT2D eigenvalue weighted by Crippen LogP contribution is -2.12. The van der Waals surface area contributed by atoms with Crippen molar-refractivity contribution in [2.24, 2.45) is 5.92 Å². The molecule has 1 aromatic rings. The summed E-state index contributed by atoms with van der Waals surface area (Å²) >= 11 is 8.13. The van der Waals surface area contributed by atoms with Gasteiger partial charge in [-0.3, -0.25) is 0 Å². The van der Waals surface area contributed by atoms with Crippen LogP contribution < -0.4 is 5.32 Å². The molecule has 0 amide bonds. The third-order valence-corrected chi connectivity index (χ3v) is 4.20. The minimum atomic E-state index is 0.302. The van der Waals surface area contributed by atoms with Crippen molar-refractivity contribution < 1.29 is 0 Å². The van der Waals surface area contributed by atoms with Crippen molar-refractivity contribution in [3.05, 3.63) is 28.8 Å². The van der Waals surface area contributed by atoms with Crippen molar-refractivity contribution in [3.63, 3.8) is 0 Å². The molecule has 0 aliphatic heterocycles. The maximum Gasteiger partial charge on any atom is 0.0464 e. The van der Waals surface area contributed by atoms with Gasteiger partial charge in [0.1, 0.15) is 0 Å². The van der Waals surface area contributed by atoms with Crippen molar-refractivity contribution in [1.29, 1.82) is 0 Å². The Morgan fingerprint density at radius 1 is 1.31 bits per heavy atom. The van der Waals surface area contributed by atoms with Crippen molar-refractivity contribution in [3.8, 4) is 0 Å². The first-order chi connectivity index (χ1) is 7.54. The summed E-state index contributed by atoms with van der Waals surface area (Å²) in [7, 11) is 1.95. The molecule has 0 saturated heterocycles. The van der Waals surface area contributed by atoms with E-state index in [1.807, 2.05) is 18.8 Å². The lowest BCUT2D eigenvalue weighted by Gasteiger charge is -2.13. The highest BCUT2D eigenvalue weighted by atomic mass is 35.5. The molecule has 3 heteroatoms. The van der Waals surface area contributed by atoms with Crippen LogP contribution in [0.3, 0.4) is 0 Å². The van der Waals surface area contributed by atoms with Crippen molar-refractivity contribution >= 4 is 23.4 Å². The number of halogens is 1. The summed E-state index contributed by atoms with van der Waals surface area (Å²) in [6, 6.07) is 6.64. The molecule has 1 aromatic carbocycles. The van der Waals surface area contributed by atoms with Gasteiger partial charge >= 0.3 is 0 Å². The van der Waals surface area contributed by atoms with E-state index in [4.69, 9.17) is 11.6 Å². The molecule has 1 nitrogen and oxygen atoms in total. The third-order valence-electron chi connectivity index (χ3n) is 2.45. The number of thioether (sulfide) groups is 1. The zero-order chi connectivity index (χ0) is 12.1. The number of hydrogen-bond acceptors (Lipinski definition) is 2. The van der Waals surface area contributed by atoms with Crippen molar-refractivity contribution in [2.45, 2.75) is 31.7 Å². The predicted octanol–water partition coefficient (Wildman–Crippen LogP) is 4.37. The molecule has 0 bridgehead atoms. The maximum atomic E-state index is 6.27. The molecule has 0 saturated carbocycles. The second-order valence-electron chi connectivity index (χ2n) is 4.40. The third kappa shape index (κ3) is 4.00. The Hall–Kier alpha value is -0.180. The van der Waals surface area contributed by atoms with Crippen LogP contribution in [0.1, 0.15) is 32.4 Å². The van der Waals surface area contributed by atoms with Gasteiger partial charge in [-0.2, -0.15) is 0 Å². The van der Waals surface area contributed by atoms with Crippen LogP contribution in [0.5, 0.6) is 0 Å². The number of hydrogen-bond donors (Lipinski definition) is 1. The fourth-order valence-electron chi connectivity index (χ4n) is 1.37. The second kappa shape index (κ2) is 6.53. The summed E-state index contributed by atoms with van der Waals surface area (Å²) in [5, 5.41) is 4.06. The molecule has 16 heavy (non-hydrogen) atoms. The average Bonchev–Trinajstić information content (AvgIpc) is 2.25. The molecule has 0 aromatic heterocycles. The summed E-state index contributed by atoms with van der Waals surface area (Å²) < 4.78 is 0. The largest absolute Gasteiger partial charge is 0.313 e. The van der Waals surface area contributed by atoms with E-state index >= 15 is 0 Å². The topological polar surface area (TPSA) is 12.0 Å². The first kappa shape index (κ1) is 13.9. The van der Waals surface area contributed by atoms with Gasteiger partial charge in [0.2, 0.25) is 0 Å². The Morgan fingerprint density at radius 3 is 2.50 bits per heavy atom. The molecule has 90 valence electrons. The molecule has 1 rings (SSSR count). The molecular formula is C13H20ClNS. The molecule has 0 spiro atoms. The van der Waals surface area contributed by atoms with E-state index < -0.39 is 0 Å². The average molecular weight is 258 g/mol. The van der Waals surface area contributed by atoms with E-state index in [9.17, 15) is 0 Å². The van der Waals surface area contributed by atoms with Crippen LogP contribution in [0, 0.1) is 5.92 Å². The molecule has 1 unspecified atom stereocenters. The van der Waals surface area contributed by atoms with E-state index in [1.54, 1.807) is 0 Å². The Morgan fingerprint density at radius 2 is 2.00 bits per heavy atom. The highest BCUT2D eigenvalue weighted by Crippen LogP contribution is 2.29. The first-order valence-corrected chi connectivity index (χ1v) is 7.00. The molecule has 1 atom stereocenters. The molecule has 0 aliphatic carbocycles. The van der Waals surface area contributed by atoms with Crippen LogP contribution >= 0.6 is 23.4 Å². The summed E-state index contributed by atoms with van der Waals surface area (Å²) in [5.41, 5.74) is 1.16. The Balaban J connectivity index is 2.74. The molecule has 0 aliphatic rings. The quantitative estimate of drug-likeness (QED) is 0.787. The number of rotatable bonds is 5. The fraction of sp³-hybridized carbons (Fsp3) is 0.538. The smallest absolute Gasteiger partial charge is 0.0464 e. The van der Waals surface area contributed by atoms with Gasteiger partial charge in [-0.05, 0) is 37.6 Å². The van der Waals surface area contributed by atoms with E-state index in [-0.39, 0.29) is 0 Å². The summed E-state index contributed by atoms with van der Waals surface area (Å²) in [6.07, 6.45) is 0. The van der Waals surface area contributed by atoms with Gasteiger partial charge in [0, 0.05) is 21.7 Å². The molecule has 0 fully saturated rings. The second-order valence-corrected chi connectivity index (χ2v) is 5.90.